The summed E-state index contributed by atoms with van der Waals surface area (Å²) >= 11 is 0. The minimum absolute atomic E-state index is 0.142. The Balaban J connectivity index is 2.32. The highest BCUT2D eigenvalue weighted by molar-refractivity contribution is 7.89. The third-order valence-corrected chi connectivity index (χ3v) is 7.46. The van der Waals surface area contributed by atoms with E-state index in [0.29, 0.717) is 19.4 Å². The first kappa shape index (κ1) is 23.1. The fraction of sp³-hybridized carbons (Fsp3) is 0.524. The molecule has 1 fully saturated rings. The number of rotatable bonds is 6. The van der Waals surface area contributed by atoms with Crippen molar-refractivity contribution < 1.29 is 18.0 Å². The van der Waals surface area contributed by atoms with Crippen LogP contribution in [0.3, 0.4) is 0 Å². The Hall–Kier alpha value is -2.19. The third kappa shape index (κ3) is 5.25. The Morgan fingerprint density at radius 3 is 2.10 bits per heavy atom. The highest BCUT2D eigenvalue weighted by Crippen LogP contribution is 2.42. The van der Waals surface area contributed by atoms with Gasteiger partial charge in [-0.3, -0.25) is 9.59 Å². The van der Waals surface area contributed by atoms with Gasteiger partial charge in [0, 0.05) is 30.6 Å². The molecule has 1 heterocycles. The summed E-state index contributed by atoms with van der Waals surface area (Å²) < 4.78 is 28.6. The molecule has 0 radical (unpaired) electrons. The number of benzene rings is 1. The average Bonchev–Trinajstić information content (AvgIpc) is 2.57. The summed E-state index contributed by atoms with van der Waals surface area (Å²) in [5, 5.41) is 5.60. The lowest BCUT2D eigenvalue weighted by molar-refractivity contribution is -0.119. The van der Waals surface area contributed by atoms with Crippen LogP contribution in [-0.4, -0.2) is 41.7 Å². The van der Waals surface area contributed by atoms with Crippen LogP contribution < -0.4 is 10.6 Å². The van der Waals surface area contributed by atoms with Crippen LogP contribution in [0.5, 0.6) is 0 Å². The summed E-state index contributed by atoms with van der Waals surface area (Å²) in [6.45, 7) is 12.8. The Morgan fingerprint density at radius 2 is 1.66 bits per heavy atom. The molecule has 7 nitrogen and oxygen atoms in total. The standard InChI is InChI=1S/C21H31N3O4S/c1-7-19(26)23-17-12-20(3,4)24(21(5,6)13-17)29(27,28)18-10-8-16(9-11-18)14-22-15(2)25/h7-11,17H,1,12-14H2,2-6H3,(H,22,25)(H,23,26). The van der Waals surface area contributed by atoms with Gasteiger partial charge in [-0.15, -0.1) is 0 Å². The van der Waals surface area contributed by atoms with Gasteiger partial charge in [0.1, 0.15) is 0 Å². The zero-order valence-corrected chi connectivity index (χ0v) is 18.6. The maximum absolute atomic E-state index is 13.5. The van der Waals surface area contributed by atoms with Gasteiger partial charge in [-0.25, -0.2) is 8.42 Å². The predicted octanol–water partition coefficient (Wildman–Crippen LogP) is 2.34. The smallest absolute Gasteiger partial charge is 0.244 e. The van der Waals surface area contributed by atoms with Crippen molar-refractivity contribution in [3.05, 3.63) is 42.5 Å². The maximum atomic E-state index is 13.5. The summed E-state index contributed by atoms with van der Waals surface area (Å²) in [6, 6.07) is 6.42. The van der Waals surface area contributed by atoms with E-state index >= 15 is 0 Å². The van der Waals surface area contributed by atoms with E-state index in [9.17, 15) is 18.0 Å². The zero-order chi connectivity index (χ0) is 22.0. The minimum Gasteiger partial charge on any atom is -0.352 e. The van der Waals surface area contributed by atoms with Gasteiger partial charge < -0.3 is 10.6 Å². The number of carbonyl (C=O) groups is 2. The lowest BCUT2D eigenvalue weighted by Gasteiger charge is -2.53. The highest BCUT2D eigenvalue weighted by Gasteiger charge is 2.51. The van der Waals surface area contributed by atoms with Crippen LogP contribution in [0, 0.1) is 0 Å². The van der Waals surface area contributed by atoms with Crippen molar-refractivity contribution in [2.24, 2.45) is 0 Å². The predicted molar refractivity (Wildman–Crippen MR) is 113 cm³/mol. The number of piperidine rings is 1. The second kappa shape index (κ2) is 8.28. The highest BCUT2D eigenvalue weighted by atomic mass is 32.2. The largest absolute Gasteiger partial charge is 0.352 e. The van der Waals surface area contributed by atoms with Crippen molar-refractivity contribution in [2.75, 3.05) is 0 Å². The van der Waals surface area contributed by atoms with E-state index in [1.165, 1.54) is 13.0 Å². The van der Waals surface area contributed by atoms with Gasteiger partial charge in [0.05, 0.1) is 4.90 Å². The van der Waals surface area contributed by atoms with Crippen molar-refractivity contribution in [1.29, 1.82) is 0 Å². The monoisotopic (exact) mass is 421 g/mol. The molecule has 8 heteroatoms. The van der Waals surface area contributed by atoms with Gasteiger partial charge >= 0.3 is 0 Å². The van der Waals surface area contributed by atoms with Crippen molar-refractivity contribution in [3.8, 4) is 0 Å². The molecule has 1 aromatic carbocycles. The van der Waals surface area contributed by atoms with E-state index in [-0.39, 0.29) is 22.8 Å². The van der Waals surface area contributed by atoms with Gasteiger partial charge in [0.2, 0.25) is 21.8 Å². The summed E-state index contributed by atoms with van der Waals surface area (Å²) in [5.74, 6) is -0.399. The molecule has 0 aromatic heterocycles. The van der Waals surface area contributed by atoms with E-state index in [1.807, 2.05) is 27.7 Å². The molecule has 2 rings (SSSR count). The third-order valence-electron chi connectivity index (χ3n) is 5.13. The molecule has 1 aromatic rings. The second-order valence-corrected chi connectivity index (χ2v) is 10.6. The van der Waals surface area contributed by atoms with Crippen molar-refractivity contribution in [3.63, 3.8) is 0 Å². The molecule has 0 saturated carbocycles. The average molecular weight is 422 g/mol. The molecule has 1 aliphatic heterocycles. The second-order valence-electron chi connectivity index (χ2n) is 8.77. The Bertz CT molecular complexity index is 871. The van der Waals surface area contributed by atoms with Crippen LogP contribution in [0.2, 0.25) is 0 Å². The number of hydrogen-bond donors (Lipinski definition) is 2. The molecule has 0 atom stereocenters. The number of amides is 2. The molecule has 0 spiro atoms. The van der Waals surface area contributed by atoms with Crippen molar-refractivity contribution in [2.45, 2.75) is 76.0 Å². The van der Waals surface area contributed by atoms with Crippen molar-refractivity contribution in [1.82, 2.24) is 14.9 Å². The lowest BCUT2D eigenvalue weighted by atomic mass is 9.79. The first-order valence-electron chi connectivity index (χ1n) is 9.61. The summed E-state index contributed by atoms with van der Waals surface area (Å²) in [4.78, 5) is 23.0. The number of nitrogens with zero attached hydrogens (tertiary/aromatic N) is 1. The number of sulfonamides is 1. The molecule has 1 saturated heterocycles. The van der Waals surface area contributed by atoms with Crippen LogP contribution in [0.4, 0.5) is 0 Å². The number of hydrogen-bond acceptors (Lipinski definition) is 4. The van der Waals surface area contributed by atoms with E-state index in [2.05, 4.69) is 17.2 Å². The summed E-state index contributed by atoms with van der Waals surface area (Å²) in [7, 11) is -3.77. The Kier molecular flexibility index (Phi) is 6.59. The molecule has 0 aliphatic carbocycles. The maximum Gasteiger partial charge on any atom is 0.244 e. The molecule has 0 bridgehead atoms. The Morgan fingerprint density at radius 1 is 1.14 bits per heavy atom. The van der Waals surface area contributed by atoms with Gasteiger partial charge in [-0.1, -0.05) is 18.7 Å². The zero-order valence-electron chi connectivity index (χ0n) is 17.8. The Labute approximate surface area is 173 Å². The van der Waals surface area contributed by atoms with Crippen LogP contribution in [0.1, 0.15) is 53.0 Å². The van der Waals surface area contributed by atoms with E-state index in [0.717, 1.165) is 5.56 Å². The topological polar surface area (TPSA) is 95.6 Å². The first-order valence-corrected chi connectivity index (χ1v) is 11.1. The van der Waals surface area contributed by atoms with E-state index in [1.54, 1.807) is 28.6 Å². The molecule has 2 N–H and O–H groups in total. The van der Waals surface area contributed by atoms with Crippen molar-refractivity contribution >= 4 is 21.8 Å². The molecule has 0 unspecified atom stereocenters. The van der Waals surface area contributed by atoms with E-state index in [4.69, 9.17) is 0 Å². The van der Waals surface area contributed by atoms with Gasteiger partial charge in [0.15, 0.2) is 0 Å². The lowest BCUT2D eigenvalue weighted by Crippen LogP contribution is -2.65. The molecule has 1 aliphatic rings. The molecular weight excluding hydrogens is 390 g/mol. The number of carbonyl (C=O) groups excluding carboxylic acids is 2. The van der Waals surface area contributed by atoms with Gasteiger partial charge in [-0.05, 0) is 64.3 Å². The van der Waals surface area contributed by atoms with Crippen LogP contribution in [0.15, 0.2) is 41.8 Å². The first-order chi connectivity index (χ1) is 13.3. The van der Waals surface area contributed by atoms with Crippen LogP contribution >= 0.6 is 0 Å². The van der Waals surface area contributed by atoms with E-state index < -0.39 is 21.1 Å². The minimum atomic E-state index is -3.77. The molecule has 160 valence electrons. The summed E-state index contributed by atoms with van der Waals surface area (Å²) in [6.07, 6.45) is 2.22. The quantitative estimate of drug-likeness (QED) is 0.689. The van der Waals surface area contributed by atoms with Gasteiger partial charge in [0.25, 0.3) is 0 Å². The SMILES string of the molecule is C=CC(=O)NC1CC(C)(C)N(S(=O)(=O)c2ccc(CNC(C)=O)cc2)C(C)(C)C1. The normalized spacial score (nSPS) is 19.3. The van der Waals surface area contributed by atoms with Crippen LogP contribution in [0.25, 0.3) is 0 Å². The summed E-state index contributed by atoms with van der Waals surface area (Å²) in [5.41, 5.74) is -0.577. The van der Waals surface area contributed by atoms with Gasteiger partial charge in [-0.2, -0.15) is 4.31 Å². The van der Waals surface area contributed by atoms with Crippen LogP contribution in [-0.2, 0) is 26.2 Å². The number of nitrogens with one attached hydrogen (secondary N) is 2. The molecule has 2 amide bonds. The fourth-order valence-electron chi connectivity index (χ4n) is 4.39. The molecule has 29 heavy (non-hydrogen) atoms. The fourth-order valence-corrected chi connectivity index (χ4v) is 6.53. The molecular formula is C21H31N3O4S.